The van der Waals surface area contributed by atoms with E-state index in [9.17, 15) is 4.79 Å². The predicted octanol–water partition coefficient (Wildman–Crippen LogP) is -0.629. The second-order valence-electron chi connectivity index (χ2n) is 1.86. The third-order valence-electron chi connectivity index (χ3n) is 0.898. The molecule has 3 N–H and O–H groups in total. The van der Waals surface area contributed by atoms with Crippen molar-refractivity contribution in [3.8, 4) is 0 Å². The molecule has 1 unspecified atom stereocenters. The van der Waals surface area contributed by atoms with Gasteiger partial charge < -0.3 is 15.3 Å². The van der Waals surface area contributed by atoms with Crippen molar-refractivity contribution >= 4 is 5.78 Å². The van der Waals surface area contributed by atoms with E-state index >= 15 is 0 Å². The van der Waals surface area contributed by atoms with Crippen LogP contribution in [0.4, 0.5) is 0 Å². The number of carbonyl (C=O) groups excluding carboxylic acids is 1. The zero-order chi connectivity index (χ0) is 8.15. The quantitative estimate of drug-likeness (QED) is 0.366. The van der Waals surface area contributed by atoms with Crippen LogP contribution in [0, 0.1) is 0 Å². The molecule has 0 aliphatic carbocycles. The zero-order valence-electron chi connectivity index (χ0n) is 5.61. The Morgan fingerprint density at radius 2 is 2.20 bits per heavy atom. The van der Waals surface area contributed by atoms with Gasteiger partial charge in [0, 0.05) is 6.92 Å². The Hall–Kier alpha value is -0.870. The minimum absolute atomic E-state index is 0.503. The minimum Gasteiger partial charge on any atom is -0.505 e. The molecule has 0 bridgehead atoms. The monoisotopic (exact) mass is 146 g/mol. The van der Waals surface area contributed by atoms with E-state index in [0.29, 0.717) is 0 Å². The van der Waals surface area contributed by atoms with Crippen LogP contribution in [0.2, 0.25) is 0 Å². The average molecular weight is 146 g/mol. The van der Waals surface area contributed by atoms with E-state index in [-0.39, 0.29) is 0 Å². The van der Waals surface area contributed by atoms with Gasteiger partial charge >= 0.3 is 0 Å². The Labute approximate surface area is 58.4 Å². The van der Waals surface area contributed by atoms with Crippen LogP contribution >= 0.6 is 0 Å². The smallest absolute Gasteiger partial charge is 0.193 e. The van der Waals surface area contributed by atoms with Crippen LogP contribution in [0.5, 0.6) is 0 Å². The Bertz CT molecular complexity index is 150. The van der Waals surface area contributed by atoms with E-state index in [1.54, 1.807) is 0 Å². The molecule has 0 rings (SSSR count). The number of aliphatic hydroxyl groups is 3. The fraction of sp³-hybridized carbons (Fsp3) is 0.500. The van der Waals surface area contributed by atoms with Gasteiger partial charge in [-0.15, -0.1) is 0 Å². The highest BCUT2D eigenvalue weighted by atomic mass is 16.3. The second-order valence-corrected chi connectivity index (χ2v) is 1.86. The summed E-state index contributed by atoms with van der Waals surface area (Å²) in [6.45, 7) is 0.660. The van der Waals surface area contributed by atoms with Crippen molar-refractivity contribution in [2.24, 2.45) is 0 Å². The van der Waals surface area contributed by atoms with Gasteiger partial charge in [-0.3, -0.25) is 4.79 Å². The van der Waals surface area contributed by atoms with Crippen LogP contribution in [0.15, 0.2) is 11.8 Å². The van der Waals surface area contributed by atoms with Crippen LogP contribution in [0.1, 0.15) is 6.92 Å². The summed E-state index contributed by atoms with van der Waals surface area (Å²) >= 11 is 0. The molecular formula is C6H10O4. The predicted molar refractivity (Wildman–Crippen MR) is 34.5 cm³/mol. The van der Waals surface area contributed by atoms with Crippen molar-refractivity contribution < 1.29 is 20.1 Å². The molecule has 0 saturated carbocycles. The number of rotatable bonds is 3. The number of hydrogen-bond acceptors (Lipinski definition) is 4. The molecule has 1 atom stereocenters. The Morgan fingerprint density at radius 3 is 2.50 bits per heavy atom. The van der Waals surface area contributed by atoms with Crippen molar-refractivity contribution in [2.75, 3.05) is 6.61 Å². The lowest BCUT2D eigenvalue weighted by Crippen LogP contribution is -2.10. The van der Waals surface area contributed by atoms with E-state index in [1.807, 2.05) is 0 Å². The van der Waals surface area contributed by atoms with Crippen LogP contribution in [0.25, 0.3) is 0 Å². The summed E-state index contributed by atoms with van der Waals surface area (Å²) in [6.07, 6.45) is -0.272. The maximum absolute atomic E-state index is 10.3. The highest BCUT2D eigenvalue weighted by Crippen LogP contribution is 1.93. The zero-order valence-corrected chi connectivity index (χ0v) is 5.61. The third-order valence-corrected chi connectivity index (χ3v) is 0.898. The molecular weight excluding hydrogens is 136 g/mol. The van der Waals surface area contributed by atoms with Crippen molar-refractivity contribution in [2.45, 2.75) is 13.0 Å². The normalized spacial score (nSPS) is 14.9. The maximum Gasteiger partial charge on any atom is 0.193 e. The summed E-state index contributed by atoms with van der Waals surface area (Å²) in [4.78, 5) is 10.3. The highest BCUT2D eigenvalue weighted by molar-refractivity contribution is 5.90. The third kappa shape index (κ3) is 3.21. The number of Topliss-reactive ketones (excluding diaryl/α,β-unsaturated/α-hetero) is 1. The van der Waals surface area contributed by atoms with Crippen LogP contribution in [-0.2, 0) is 4.79 Å². The van der Waals surface area contributed by atoms with Gasteiger partial charge in [0.25, 0.3) is 0 Å². The minimum atomic E-state index is -1.16. The SMILES string of the molecule is CC(=O)C(O)=CC(O)CO. The molecule has 10 heavy (non-hydrogen) atoms. The lowest BCUT2D eigenvalue weighted by molar-refractivity contribution is -0.116. The van der Waals surface area contributed by atoms with E-state index in [0.717, 1.165) is 13.0 Å². The van der Waals surface area contributed by atoms with E-state index in [4.69, 9.17) is 15.3 Å². The van der Waals surface area contributed by atoms with Gasteiger partial charge in [-0.25, -0.2) is 0 Å². The molecule has 0 heterocycles. The van der Waals surface area contributed by atoms with E-state index in [2.05, 4.69) is 0 Å². The van der Waals surface area contributed by atoms with Crippen LogP contribution < -0.4 is 0 Å². The first-order valence-corrected chi connectivity index (χ1v) is 2.78. The highest BCUT2D eigenvalue weighted by Gasteiger charge is 2.03. The molecule has 0 aromatic carbocycles. The first-order valence-electron chi connectivity index (χ1n) is 2.78. The second kappa shape index (κ2) is 4.03. The van der Waals surface area contributed by atoms with Gasteiger partial charge in [0.05, 0.1) is 12.7 Å². The molecule has 0 aromatic heterocycles. The molecule has 0 radical (unpaired) electrons. The first-order chi connectivity index (χ1) is 4.57. The molecule has 4 nitrogen and oxygen atoms in total. The lowest BCUT2D eigenvalue weighted by Gasteiger charge is -1.99. The molecule has 0 spiro atoms. The summed E-state index contributed by atoms with van der Waals surface area (Å²) < 4.78 is 0. The van der Waals surface area contributed by atoms with E-state index < -0.39 is 24.3 Å². The molecule has 0 fully saturated rings. The summed E-state index contributed by atoms with van der Waals surface area (Å²) in [5, 5.41) is 25.6. The maximum atomic E-state index is 10.3. The van der Waals surface area contributed by atoms with Crippen LogP contribution in [0.3, 0.4) is 0 Å². The Kier molecular flexibility index (Phi) is 3.68. The molecule has 4 heteroatoms. The number of allylic oxidation sites excluding steroid dienone is 1. The van der Waals surface area contributed by atoms with Crippen LogP contribution in [-0.4, -0.2) is 33.8 Å². The Morgan fingerprint density at radius 1 is 1.70 bits per heavy atom. The molecule has 0 aliphatic rings. The molecule has 0 amide bonds. The van der Waals surface area contributed by atoms with Gasteiger partial charge in [-0.1, -0.05) is 0 Å². The van der Waals surface area contributed by atoms with Gasteiger partial charge in [0.15, 0.2) is 11.5 Å². The summed E-state index contributed by atoms with van der Waals surface area (Å²) in [7, 11) is 0. The van der Waals surface area contributed by atoms with Gasteiger partial charge in [0.1, 0.15) is 0 Å². The molecule has 0 saturated heterocycles. The van der Waals surface area contributed by atoms with Gasteiger partial charge in [0.2, 0.25) is 0 Å². The Balaban J connectivity index is 4.02. The van der Waals surface area contributed by atoms with Crippen molar-refractivity contribution in [1.82, 2.24) is 0 Å². The largest absolute Gasteiger partial charge is 0.505 e. The summed E-state index contributed by atoms with van der Waals surface area (Å²) in [5.74, 6) is -1.06. The fourth-order valence-corrected chi connectivity index (χ4v) is 0.352. The van der Waals surface area contributed by atoms with Gasteiger partial charge in [-0.05, 0) is 6.08 Å². The van der Waals surface area contributed by atoms with Crippen molar-refractivity contribution in [3.05, 3.63) is 11.8 Å². The van der Waals surface area contributed by atoms with E-state index in [1.165, 1.54) is 0 Å². The topological polar surface area (TPSA) is 77.8 Å². The number of carbonyl (C=O) groups is 1. The number of aliphatic hydroxyl groups excluding tert-OH is 3. The molecule has 58 valence electrons. The number of ketones is 1. The average Bonchev–Trinajstić information content (AvgIpc) is 1.87. The number of hydrogen-bond donors (Lipinski definition) is 3. The standard InChI is InChI=1S/C6H10O4/c1-4(8)6(10)2-5(9)3-7/h2,5,7,9-10H,3H2,1H3. The van der Waals surface area contributed by atoms with Gasteiger partial charge in [-0.2, -0.15) is 0 Å². The first kappa shape index (κ1) is 9.13. The van der Waals surface area contributed by atoms with Crippen molar-refractivity contribution in [3.63, 3.8) is 0 Å². The molecule has 0 aliphatic heterocycles. The summed E-state index contributed by atoms with van der Waals surface area (Å²) in [5.41, 5.74) is 0. The fourth-order valence-electron chi connectivity index (χ4n) is 0.352. The summed E-state index contributed by atoms with van der Waals surface area (Å²) in [6, 6.07) is 0. The van der Waals surface area contributed by atoms with Crippen molar-refractivity contribution in [1.29, 1.82) is 0 Å². The lowest BCUT2D eigenvalue weighted by atomic mass is 10.2. The molecule has 0 aromatic rings.